The first-order chi connectivity index (χ1) is 11.5. The fourth-order valence-corrected chi connectivity index (χ4v) is 1.90. The topological polar surface area (TPSA) is 125 Å². The maximum absolute atomic E-state index is 12.3. The van der Waals surface area contributed by atoms with Gasteiger partial charge in [-0.1, -0.05) is 12.1 Å². The van der Waals surface area contributed by atoms with Gasteiger partial charge >= 0.3 is 12.1 Å². The molecule has 0 saturated carbocycles. The van der Waals surface area contributed by atoms with Crippen LogP contribution < -0.4 is 10.6 Å². The SMILES string of the molecule is C[C@H](NC(=O)[C@@H](Cc1ccc(O)cc1)NC(=O)OC(C)(C)C)C(=O)O. The highest BCUT2D eigenvalue weighted by Gasteiger charge is 2.26. The fourth-order valence-electron chi connectivity index (χ4n) is 1.90. The number of rotatable bonds is 6. The summed E-state index contributed by atoms with van der Waals surface area (Å²) in [5.41, 5.74) is -0.0603. The van der Waals surface area contributed by atoms with E-state index in [2.05, 4.69) is 10.6 Å². The predicted molar refractivity (Wildman–Crippen MR) is 90.2 cm³/mol. The van der Waals surface area contributed by atoms with Gasteiger partial charge < -0.3 is 25.6 Å². The normalized spacial score (nSPS) is 13.4. The first-order valence-electron chi connectivity index (χ1n) is 7.78. The maximum atomic E-state index is 12.3. The summed E-state index contributed by atoms with van der Waals surface area (Å²) >= 11 is 0. The van der Waals surface area contributed by atoms with Crippen LogP contribution in [0.15, 0.2) is 24.3 Å². The Morgan fingerprint density at radius 3 is 2.16 bits per heavy atom. The molecule has 0 saturated heterocycles. The predicted octanol–water partition coefficient (Wildman–Crippen LogP) is 1.42. The lowest BCUT2D eigenvalue weighted by Crippen LogP contribution is -2.52. The second kappa shape index (κ2) is 8.36. The summed E-state index contributed by atoms with van der Waals surface area (Å²) < 4.78 is 5.14. The molecule has 8 heteroatoms. The lowest BCUT2D eigenvalue weighted by atomic mass is 10.0. The van der Waals surface area contributed by atoms with Gasteiger partial charge in [0, 0.05) is 6.42 Å². The number of nitrogens with one attached hydrogen (secondary N) is 2. The summed E-state index contributed by atoms with van der Waals surface area (Å²) in [5.74, 6) is -1.76. The van der Waals surface area contributed by atoms with Crippen LogP contribution >= 0.6 is 0 Å². The molecule has 25 heavy (non-hydrogen) atoms. The third kappa shape index (κ3) is 7.56. The van der Waals surface area contributed by atoms with Crippen LogP contribution in [0.3, 0.4) is 0 Å². The Balaban J connectivity index is 2.88. The highest BCUT2D eigenvalue weighted by Crippen LogP contribution is 2.12. The Morgan fingerprint density at radius 2 is 1.68 bits per heavy atom. The van der Waals surface area contributed by atoms with E-state index in [0.717, 1.165) is 0 Å². The van der Waals surface area contributed by atoms with Gasteiger partial charge in [0.15, 0.2) is 0 Å². The van der Waals surface area contributed by atoms with Crippen molar-refractivity contribution < 1.29 is 29.3 Å². The van der Waals surface area contributed by atoms with Crippen LogP contribution in [-0.4, -0.2) is 45.9 Å². The van der Waals surface area contributed by atoms with Crippen LogP contribution in [0, 0.1) is 0 Å². The van der Waals surface area contributed by atoms with Crippen molar-refractivity contribution >= 4 is 18.0 Å². The van der Waals surface area contributed by atoms with E-state index in [4.69, 9.17) is 9.84 Å². The molecule has 0 heterocycles. The van der Waals surface area contributed by atoms with Crippen LogP contribution in [-0.2, 0) is 20.7 Å². The molecule has 0 aliphatic carbocycles. The van der Waals surface area contributed by atoms with E-state index >= 15 is 0 Å². The van der Waals surface area contributed by atoms with E-state index in [1.165, 1.54) is 19.1 Å². The van der Waals surface area contributed by atoms with Crippen molar-refractivity contribution in [2.24, 2.45) is 0 Å². The van der Waals surface area contributed by atoms with Gasteiger partial charge in [-0.3, -0.25) is 9.59 Å². The lowest BCUT2D eigenvalue weighted by molar-refractivity contribution is -0.141. The minimum Gasteiger partial charge on any atom is -0.508 e. The molecule has 2 atom stereocenters. The number of amides is 2. The Hall–Kier alpha value is -2.77. The lowest BCUT2D eigenvalue weighted by Gasteiger charge is -2.24. The first-order valence-corrected chi connectivity index (χ1v) is 7.78. The Kier molecular flexibility index (Phi) is 6.78. The number of hydrogen-bond acceptors (Lipinski definition) is 5. The standard InChI is InChI=1S/C17H24N2O6/c1-10(15(22)23)18-14(21)13(19-16(24)25-17(2,3)4)9-11-5-7-12(20)8-6-11/h5-8,10,13,20H,9H2,1-4H3,(H,18,21)(H,19,24)(H,22,23)/t10-,13+/m0/s1. The van der Waals surface area contributed by atoms with Crippen LogP contribution in [0.5, 0.6) is 5.75 Å². The average Bonchev–Trinajstić information content (AvgIpc) is 2.46. The van der Waals surface area contributed by atoms with Gasteiger partial charge in [-0.2, -0.15) is 0 Å². The van der Waals surface area contributed by atoms with Crippen molar-refractivity contribution in [2.45, 2.75) is 51.8 Å². The minimum atomic E-state index is -1.19. The zero-order valence-corrected chi connectivity index (χ0v) is 14.7. The Morgan fingerprint density at radius 1 is 1.12 bits per heavy atom. The quantitative estimate of drug-likeness (QED) is 0.613. The van der Waals surface area contributed by atoms with Crippen molar-refractivity contribution in [2.75, 3.05) is 0 Å². The van der Waals surface area contributed by atoms with Crippen molar-refractivity contribution in [3.8, 4) is 5.75 Å². The monoisotopic (exact) mass is 352 g/mol. The van der Waals surface area contributed by atoms with Gasteiger partial charge in [0.1, 0.15) is 23.4 Å². The van der Waals surface area contributed by atoms with Crippen LogP contribution in [0.2, 0.25) is 0 Å². The molecule has 0 spiro atoms. The number of carboxylic acid groups (broad SMARTS) is 1. The number of aromatic hydroxyl groups is 1. The largest absolute Gasteiger partial charge is 0.508 e. The zero-order chi connectivity index (χ0) is 19.2. The summed E-state index contributed by atoms with van der Waals surface area (Å²) in [6, 6.07) is 3.99. The van der Waals surface area contributed by atoms with E-state index < -0.39 is 35.7 Å². The van der Waals surface area contributed by atoms with Crippen molar-refractivity contribution in [1.29, 1.82) is 0 Å². The van der Waals surface area contributed by atoms with Crippen LogP contribution in [0.4, 0.5) is 4.79 Å². The number of hydrogen-bond donors (Lipinski definition) is 4. The molecule has 2 amide bonds. The molecule has 0 aliphatic heterocycles. The van der Waals surface area contributed by atoms with Gasteiger partial charge in [0.2, 0.25) is 5.91 Å². The molecule has 8 nitrogen and oxygen atoms in total. The van der Waals surface area contributed by atoms with E-state index in [1.807, 2.05) is 0 Å². The highest BCUT2D eigenvalue weighted by atomic mass is 16.6. The smallest absolute Gasteiger partial charge is 0.408 e. The second-order valence-electron chi connectivity index (χ2n) is 6.64. The molecule has 0 unspecified atom stereocenters. The van der Waals surface area contributed by atoms with Gasteiger partial charge in [-0.05, 0) is 45.4 Å². The number of phenols is 1. The molecular weight excluding hydrogens is 328 g/mol. The number of alkyl carbamates (subject to hydrolysis) is 1. The highest BCUT2D eigenvalue weighted by molar-refractivity contribution is 5.89. The van der Waals surface area contributed by atoms with Crippen molar-refractivity contribution in [3.05, 3.63) is 29.8 Å². The van der Waals surface area contributed by atoms with Gasteiger partial charge in [0.25, 0.3) is 0 Å². The third-order valence-electron chi connectivity index (χ3n) is 3.11. The zero-order valence-electron chi connectivity index (χ0n) is 14.7. The molecule has 4 N–H and O–H groups in total. The summed E-state index contributed by atoms with van der Waals surface area (Å²) in [5, 5.41) is 23.0. The van der Waals surface area contributed by atoms with E-state index in [1.54, 1.807) is 32.9 Å². The van der Waals surface area contributed by atoms with Crippen LogP contribution in [0.25, 0.3) is 0 Å². The first kappa shape index (κ1) is 20.3. The molecule has 1 aromatic carbocycles. The molecule has 1 rings (SSSR count). The van der Waals surface area contributed by atoms with Gasteiger partial charge in [-0.25, -0.2) is 4.79 Å². The number of aliphatic carboxylic acids is 1. The van der Waals surface area contributed by atoms with Gasteiger partial charge in [0.05, 0.1) is 0 Å². The molecule has 0 aliphatic rings. The molecular formula is C17H24N2O6. The fraction of sp³-hybridized carbons (Fsp3) is 0.471. The van der Waals surface area contributed by atoms with Crippen molar-refractivity contribution in [3.63, 3.8) is 0 Å². The number of carbonyl (C=O) groups excluding carboxylic acids is 2. The molecule has 0 bridgehead atoms. The molecule has 0 radical (unpaired) electrons. The number of carbonyl (C=O) groups is 3. The summed E-state index contributed by atoms with van der Waals surface area (Å²) in [4.78, 5) is 35.2. The molecule has 0 fully saturated rings. The second-order valence-corrected chi connectivity index (χ2v) is 6.64. The number of phenolic OH excluding ortho intramolecular Hbond substituents is 1. The number of ether oxygens (including phenoxy) is 1. The van der Waals surface area contributed by atoms with E-state index in [-0.39, 0.29) is 12.2 Å². The molecule has 138 valence electrons. The molecule has 1 aromatic rings. The van der Waals surface area contributed by atoms with Gasteiger partial charge in [-0.15, -0.1) is 0 Å². The van der Waals surface area contributed by atoms with Crippen LogP contribution in [0.1, 0.15) is 33.3 Å². The Labute approximate surface area is 146 Å². The summed E-state index contributed by atoms with van der Waals surface area (Å²) in [6.45, 7) is 6.39. The summed E-state index contributed by atoms with van der Waals surface area (Å²) in [6.07, 6.45) is -0.674. The maximum Gasteiger partial charge on any atom is 0.408 e. The van der Waals surface area contributed by atoms with E-state index in [9.17, 15) is 19.5 Å². The number of carboxylic acids is 1. The number of benzene rings is 1. The van der Waals surface area contributed by atoms with E-state index in [0.29, 0.717) is 5.56 Å². The third-order valence-corrected chi connectivity index (χ3v) is 3.11. The Bertz CT molecular complexity index is 621. The summed E-state index contributed by atoms with van der Waals surface area (Å²) in [7, 11) is 0. The molecule has 0 aromatic heterocycles. The van der Waals surface area contributed by atoms with Crippen molar-refractivity contribution in [1.82, 2.24) is 10.6 Å². The average molecular weight is 352 g/mol. The minimum absolute atomic E-state index is 0.0735.